The Morgan fingerprint density at radius 3 is 2.56 bits per heavy atom. The first-order valence-corrected chi connectivity index (χ1v) is 10.2. The second kappa shape index (κ2) is 8.05. The van der Waals surface area contributed by atoms with Crippen LogP contribution in [0.2, 0.25) is 0 Å². The van der Waals surface area contributed by atoms with Crippen molar-refractivity contribution in [1.82, 2.24) is 10.2 Å². The lowest BCUT2D eigenvalue weighted by Gasteiger charge is -2.33. The van der Waals surface area contributed by atoms with Gasteiger partial charge in [-0.2, -0.15) is 0 Å². The molecule has 0 spiro atoms. The average Bonchev–Trinajstić information content (AvgIpc) is 2.56. The number of methoxy groups -OCH3 is 1. The number of carbonyl (C=O) groups is 1. The van der Waals surface area contributed by atoms with Crippen molar-refractivity contribution >= 4 is 21.6 Å². The maximum absolute atomic E-state index is 12.6. The number of piperidine rings is 1. The van der Waals surface area contributed by atoms with Gasteiger partial charge in [-0.05, 0) is 52.0 Å². The molecule has 1 aromatic rings. The molecule has 0 aromatic heterocycles. The minimum Gasteiger partial charge on any atom is -0.497 e. The molecule has 1 atom stereocenters. The van der Waals surface area contributed by atoms with Crippen molar-refractivity contribution in [3.63, 3.8) is 0 Å². The standard InChI is InChI=1S/C17H27N3O4S/c1-13(17(21)18-14-8-10-19(2)11-9-14)20(25(4,22)23)15-6-5-7-16(12-15)24-3/h5-7,12-14H,8-11H2,1-4H3,(H,18,21)/t13-/m1/s1. The number of amides is 1. The fourth-order valence-corrected chi connectivity index (χ4v) is 4.20. The van der Waals surface area contributed by atoms with E-state index in [4.69, 9.17) is 4.74 Å². The lowest BCUT2D eigenvalue weighted by atomic mass is 10.1. The smallest absolute Gasteiger partial charge is 0.243 e. The predicted octanol–water partition coefficient (Wildman–Crippen LogP) is 1.06. The molecule has 8 heteroatoms. The summed E-state index contributed by atoms with van der Waals surface area (Å²) in [5.74, 6) is 0.247. The van der Waals surface area contributed by atoms with Gasteiger partial charge in [0.25, 0.3) is 0 Å². The second-order valence-corrected chi connectivity index (χ2v) is 8.38. The number of likely N-dealkylation sites (tertiary alicyclic amines) is 1. The Morgan fingerprint density at radius 2 is 2.00 bits per heavy atom. The molecule has 0 aliphatic carbocycles. The van der Waals surface area contributed by atoms with E-state index in [-0.39, 0.29) is 11.9 Å². The molecule has 0 bridgehead atoms. The van der Waals surface area contributed by atoms with Crippen LogP contribution in [-0.2, 0) is 14.8 Å². The number of rotatable bonds is 6. The van der Waals surface area contributed by atoms with Crippen molar-refractivity contribution in [1.29, 1.82) is 0 Å². The van der Waals surface area contributed by atoms with Gasteiger partial charge in [-0.3, -0.25) is 9.10 Å². The zero-order chi connectivity index (χ0) is 18.6. The molecule has 7 nitrogen and oxygen atoms in total. The highest BCUT2D eigenvalue weighted by atomic mass is 32.2. The van der Waals surface area contributed by atoms with Crippen molar-refractivity contribution in [3.05, 3.63) is 24.3 Å². The Morgan fingerprint density at radius 1 is 1.36 bits per heavy atom. The van der Waals surface area contributed by atoms with E-state index in [0.29, 0.717) is 11.4 Å². The van der Waals surface area contributed by atoms with Gasteiger partial charge < -0.3 is 15.0 Å². The van der Waals surface area contributed by atoms with E-state index < -0.39 is 16.1 Å². The van der Waals surface area contributed by atoms with Gasteiger partial charge in [-0.25, -0.2) is 8.42 Å². The van der Waals surface area contributed by atoms with E-state index in [1.807, 2.05) is 0 Å². The largest absolute Gasteiger partial charge is 0.497 e. The topological polar surface area (TPSA) is 79.0 Å². The van der Waals surface area contributed by atoms with Crippen LogP contribution in [0, 0.1) is 0 Å². The summed E-state index contributed by atoms with van der Waals surface area (Å²) in [4.78, 5) is 14.9. The zero-order valence-corrected chi connectivity index (χ0v) is 16.0. The fourth-order valence-electron chi connectivity index (χ4n) is 3.03. The van der Waals surface area contributed by atoms with E-state index in [1.54, 1.807) is 31.2 Å². The third-order valence-corrected chi connectivity index (χ3v) is 5.70. The Kier molecular flexibility index (Phi) is 6.29. The summed E-state index contributed by atoms with van der Waals surface area (Å²) in [5, 5.41) is 2.99. The van der Waals surface area contributed by atoms with E-state index in [9.17, 15) is 13.2 Å². The van der Waals surface area contributed by atoms with Gasteiger partial charge in [0.2, 0.25) is 15.9 Å². The van der Waals surface area contributed by atoms with Crippen molar-refractivity contribution in [3.8, 4) is 5.75 Å². The van der Waals surface area contributed by atoms with Crippen molar-refractivity contribution in [2.24, 2.45) is 0 Å². The third kappa shape index (κ3) is 5.09. The quantitative estimate of drug-likeness (QED) is 0.811. The molecular formula is C17H27N3O4S. The molecule has 1 aliphatic rings. The molecule has 2 rings (SSSR count). The van der Waals surface area contributed by atoms with Crippen molar-refractivity contribution in [2.45, 2.75) is 31.8 Å². The van der Waals surface area contributed by atoms with Crippen LogP contribution < -0.4 is 14.4 Å². The molecule has 1 fully saturated rings. The molecular weight excluding hydrogens is 342 g/mol. The third-order valence-electron chi connectivity index (χ3n) is 4.46. The predicted molar refractivity (Wildman–Crippen MR) is 98.4 cm³/mol. The maximum Gasteiger partial charge on any atom is 0.243 e. The Balaban J connectivity index is 2.18. The molecule has 1 N–H and O–H groups in total. The number of hydrogen-bond acceptors (Lipinski definition) is 5. The monoisotopic (exact) mass is 369 g/mol. The summed E-state index contributed by atoms with van der Waals surface area (Å²) in [6.07, 6.45) is 2.84. The highest BCUT2D eigenvalue weighted by Gasteiger charge is 2.31. The molecule has 1 aromatic carbocycles. The van der Waals surface area contributed by atoms with Gasteiger partial charge in [0.05, 0.1) is 19.1 Å². The average molecular weight is 369 g/mol. The van der Waals surface area contributed by atoms with E-state index >= 15 is 0 Å². The molecule has 0 radical (unpaired) electrons. The lowest BCUT2D eigenvalue weighted by Crippen LogP contribution is -2.52. The van der Waals surface area contributed by atoms with Crippen LogP contribution >= 0.6 is 0 Å². The number of benzene rings is 1. The summed E-state index contributed by atoms with van der Waals surface area (Å²) in [5.41, 5.74) is 0.410. The van der Waals surface area contributed by atoms with Gasteiger partial charge in [0, 0.05) is 12.1 Å². The summed E-state index contributed by atoms with van der Waals surface area (Å²) in [6, 6.07) is 5.93. The summed E-state index contributed by atoms with van der Waals surface area (Å²) in [6.45, 7) is 3.45. The van der Waals surface area contributed by atoms with Crippen molar-refractivity contribution < 1.29 is 17.9 Å². The minimum absolute atomic E-state index is 0.0814. The maximum atomic E-state index is 12.6. The number of sulfonamides is 1. The van der Waals surface area contributed by atoms with Gasteiger partial charge in [-0.15, -0.1) is 0 Å². The molecule has 140 valence electrons. The molecule has 1 aliphatic heterocycles. The van der Waals surface area contributed by atoms with E-state index in [2.05, 4.69) is 17.3 Å². The van der Waals surface area contributed by atoms with Gasteiger partial charge in [0.15, 0.2) is 0 Å². The van der Waals surface area contributed by atoms with Crippen LogP contribution in [-0.4, -0.2) is 64.8 Å². The molecule has 1 heterocycles. The molecule has 0 unspecified atom stereocenters. The second-order valence-electron chi connectivity index (χ2n) is 6.52. The van der Waals surface area contributed by atoms with Crippen LogP contribution in [0.15, 0.2) is 24.3 Å². The van der Waals surface area contributed by atoms with Gasteiger partial charge in [-0.1, -0.05) is 6.07 Å². The fraction of sp³-hybridized carbons (Fsp3) is 0.588. The SMILES string of the molecule is COc1cccc(N([C@H](C)C(=O)NC2CCN(C)CC2)S(C)(=O)=O)c1. The number of nitrogens with one attached hydrogen (secondary N) is 1. The van der Waals surface area contributed by atoms with E-state index in [0.717, 1.165) is 36.5 Å². The Labute approximate surface area is 150 Å². The van der Waals surface area contributed by atoms with Crippen LogP contribution in [0.1, 0.15) is 19.8 Å². The van der Waals surface area contributed by atoms with Crippen LogP contribution in [0.4, 0.5) is 5.69 Å². The number of ether oxygens (including phenoxy) is 1. The Hall–Kier alpha value is -1.80. The summed E-state index contributed by atoms with van der Waals surface area (Å²) >= 11 is 0. The summed E-state index contributed by atoms with van der Waals surface area (Å²) in [7, 11) is -0.0636. The number of nitrogens with zero attached hydrogens (tertiary/aromatic N) is 2. The van der Waals surface area contributed by atoms with Crippen LogP contribution in [0.3, 0.4) is 0 Å². The van der Waals surface area contributed by atoms with Gasteiger partial charge in [0.1, 0.15) is 11.8 Å². The first-order chi connectivity index (χ1) is 11.7. The molecule has 0 saturated carbocycles. The normalized spacial score (nSPS) is 17.8. The lowest BCUT2D eigenvalue weighted by molar-refractivity contribution is -0.122. The number of hydrogen-bond donors (Lipinski definition) is 1. The Bertz CT molecular complexity index is 700. The van der Waals surface area contributed by atoms with Crippen molar-refractivity contribution in [2.75, 3.05) is 37.8 Å². The number of carbonyl (C=O) groups excluding carboxylic acids is 1. The molecule has 25 heavy (non-hydrogen) atoms. The molecule has 1 amide bonds. The first-order valence-electron chi connectivity index (χ1n) is 8.34. The minimum atomic E-state index is -3.63. The van der Waals surface area contributed by atoms with E-state index in [1.165, 1.54) is 7.11 Å². The van der Waals surface area contributed by atoms with Crippen LogP contribution in [0.5, 0.6) is 5.75 Å². The highest BCUT2D eigenvalue weighted by Crippen LogP contribution is 2.25. The number of anilines is 1. The highest BCUT2D eigenvalue weighted by molar-refractivity contribution is 7.92. The molecule has 1 saturated heterocycles. The summed E-state index contributed by atoms with van der Waals surface area (Å²) < 4.78 is 30.9. The zero-order valence-electron chi connectivity index (χ0n) is 15.2. The van der Waals surface area contributed by atoms with Gasteiger partial charge >= 0.3 is 0 Å². The first kappa shape index (κ1) is 19.5. The van der Waals surface area contributed by atoms with Crippen LogP contribution in [0.25, 0.3) is 0 Å².